The third-order valence-corrected chi connectivity index (χ3v) is 5.35. The van der Waals surface area contributed by atoms with E-state index >= 15 is 0 Å². The van der Waals surface area contributed by atoms with Gasteiger partial charge in [0.2, 0.25) is 0 Å². The van der Waals surface area contributed by atoms with Gasteiger partial charge in [0.05, 0.1) is 10.6 Å². The molecule has 0 saturated carbocycles. The van der Waals surface area contributed by atoms with Crippen molar-refractivity contribution in [2.75, 3.05) is 0 Å². The molecule has 0 N–H and O–H groups in total. The molecule has 0 amide bonds. The molecule has 114 valence electrons. The van der Waals surface area contributed by atoms with Gasteiger partial charge in [-0.3, -0.25) is 14.2 Å². The van der Waals surface area contributed by atoms with Crippen molar-refractivity contribution in [2.45, 2.75) is 13.8 Å². The van der Waals surface area contributed by atoms with E-state index in [4.69, 9.17) is 4.98 Å². The van der Waals surface area contributed by atoms with Crippen molar-refractivity contribution in [3.8, 4) is 22.0 Å². The summed E-state index contributed by atoms with van der Waals surface area (Å²) in [5, 5.41) is 3.90. The van der Waals surface area contributed by atoms with Crippen LogP contribution in [0.4, 0.5) is 0 Å². The number of pyridine rings is 1. The average molecular weight is 339 g/mol. The largest absolute Gasteiger partial charge is 0.294 e. The fraction of sp³-hybridized carbons (Fsp3) is 0.118. The molecular weight excluding hydrogens is 326 g/mol. The third kappa shape index (κ3) is 2.40. The summed E-state index contributed by atoms with van der Waals surface area (Å²) >= 11 is 3.13. The zero-order valence-electron chi connectivity index (χ0n) is 12.6. The predicted molar refractivity (Wildman–Crippen MR) is 94.4 cm³/mol. The van der Waals surface area contributed by atoms with Crippen molar-refractivity contribution < 1.29 is 4.79 Å². The molecule has 0 aliphatic carbocycles. The second-order valence-corrected chi connectivity index (χ2v) is 7.12. The van der Waals surface area contributed by atoms with Gasteiger partial charge in [-0.25, -0.2) is 4.98 Å². The van der Waals surface area contributed by atoms with Crippen molar-refractivity contribution in [1.29, 1.82) is 0 Å². The van der Waals surface area contributed by atoms with Crippen LogP contribution < -0.4 is 0 Å². The number of hydrogen-bond acceptors (Lipinski definition) is 5. The fourth-order valence-electron chi connectivity index (χ4n) is 2.51. The van der Waals surface area contributed by atoms with Crippen LogP contribution in [0.5, 0.6) is 0 Å². The Bertz CT molecular complexity index is 1030. The molecule has 4 nitrogen and oxygen atoms in total. The van der Waals surface area contributed by atoms with Crippen molar-refractivity contribution >= 4 is 33.4 Å². The number of Topliss-reactive ketones (excluding diaryl/α,β-unsaturated/α-hetero) is 1. The number of fused-ring (bicyclic) bond motifs is 1. The molecule has 0 radical (unpaired) electrons. The zero-order valence-corrected chi connectivity index (χ0v) is 14.2. The Hall–Kier alpha value is -2.31. The van der Waals surface area contributed by atoms with E-state index in [0.29, 0.717) is 0 Å². The smallest absolute Gasteiger partial charge is 0.194 e. The van der Waals surface area contributed by atoms with Gasteiger partial charge in [0, 0.05) is 28.7 Å². The Morgan fingerprint density at radius 3 is 2.87 bits per heavy atom. The molecule has 0 bridgehead atoms. The molecule has 0 unspecified atom stereocenters. The van der Waals surface area contributed by atoms with Gasteiger partial charge in [0.15, 0.2) is 10.7 Å². The molecule has 4 aromatic heterocycles. The number of nitrogens with zero attached hydrogens (tertiary/aromatic N) is 3. The number of aromatic nitrogens is 3. The highest BCUT2D eigenvalue weighted by molar-refractivity contribution is 7.15. The van der Waals surface area contributed by atoms with Gasteiger partial charge in [-0.15, -0.1) is 22.7 Å². The van der Waals surface area contributed by atoms with Gasteiger partial charge in [0.25, 0.3) is 0 Å². The highest BCUT2D eigenvalue weighted by atomic mass is 32.1. The lowest BCUT2D eigenvalue weighted by atomic mass is 10.1. The standard InChI is InChI=1S/C17H13N3OS2/c1-10-3-4-18-13(7-10)16-15(19-17-20(16)5-6-22-17)14-8-12(9-23-14)11(2)21/h3-9H,1-2H3. The average Bonchev–Trinajstić information content (AvgIpc) is 3.21. The second-order valence-electron chi connectivity index (χ2n) is 5.34. The minimum Gasteiger partial charge on any atom is -0.294 e. The van der Waals surface area contributed by atoms with Crippen molar-refractivity contribution in [3.63, 3.8) is 0 Å². The molecule has 4 rings (SSSR count). The Morgan fingerprint density at radius 2 is 2.13 bits per heavy atom. The quantitative estimate of drug-likeness (QED) is 0.508. The molecule has 0 spiro atoms. The first kappa shape index (κ1) is 14.3. The molecule has 23 heavy (non-hydrogen) atoms. The minimum atomic E-state index is 0.0729. The monoisotopic (exact) mass is 339 g/mol. The van der Waals surface area contributed by atoms with E-state index in [1.165, 1.54) is 0 Å². The van der Waals surface area contributed by atoms with Gasteiger partial charge in [-0.2, -0.15) is 0 Å². The van der Waals surface area contributed by atoms with Crippen molar-refractivity contribution in [1.82, 2.24) is 14.4 Å². The SMILES string of the molecule is CC(=O)c1csc(-c2nc3sccn3c2-c2cc(C)ccn2)c1. The van der Waals surface area contributed by atoms with Crippen molar-refractivity contribution in [3.05, 3.63) is 52.5 Å². The summed E-state index contributed by atoms with van der Waals surface area (Å²) in [5.74, 6) is 0.0729. The molecule has 0 saturated heterocycles. The molecule has 0 aromatic carbocycles. The summed E-state index contributed by atoms with van der Waals surface area (Å²) < 4.78 is 2.06. The lowest BCUT2D eigenvalue weighted by Crippen LogP contribution is -1.91. The first-order valence-corrected chi connectivity index (χ1v) is 8.88. The van der Waals surface area contributed by atoms with Gasteiger partial charge in [-0.05, 0) is 37.6 Å². The van der Waals surface area contributed by atoms with E-state index in [-0.39, 0.29) is 5.78 Å². The third-order valence-electron chi connectivity index (χ3n) is 3.66. The van der Waals surface area contributed by atoms with Crippen LogP contribution in [-0.4, -0.2) is 20.2 Å². The first-order chi connectivity index (χ1) is 11.1. The van der Waals surface area contributed by atoms with Crippen LogP contribution in [-0.2, 0) is 0 Å². The molecule has 0 aliphatic heterocycles. The Morgan fingerprint density at radius 1 is 1.26 bits per heavy atom. The summed E-state index contributed by atoms with van der Waals surface area (Å²) in [6, 6.07) is 5.96. The van der Waals surface area contributed by atoms with Crippen LogP contribution in [0.15, 0.2) is 41.4 Å². The summed E-state index contributed by atoms with van der Waals surface area (Å²) in [4.78, 5) is 22.8. The van der Waals surface area contributed by atoms with Crippen LogP contribution >= 0.6 is 22.7 Å². The first-order valence-electron chi connectivity index (χ1n) is 7.12. The van der Waals surface area contributed by atoms with Crippen LogP contribution in [0.1, 0.15) is 22.8 Å². The number of imidazole rings is 1. The number of rotatable bonds is 3. The lowest BCUT2D eigenvalue weighted by Gasteiger charge is -2.03. The Balaban J connectivity index is 1.97. The number of aryl methyl sites for hydroxylation is 1. The van der Waals surface area contributed by atoms with Gasteiger partial charge in [-0.1, -0.05) is 0 Å². The van der Waals surface area contributed by atoms with E-state index in [2.05, 4.69) is 22.4 Å². The Labute approximate surface area is 141 Å². The fourth-order valence-corrected chi connectivity index (χ4v) is 4.16. The highest BCUT2D eigenvalue weighted by Gasteiger charge is 2.19. The maximum atomic E-state index is 11.6. The van der Waals surface area contributed by atoms with Crippen LogP contribution in [0, 0.1) is 6.92 Å². The summed E-state index contributed by atoms with van der Waals surface area (Å²) in [5.41, 5.74) is 4.63. The number of ketones is 1. The van der Waals surface area contributed by atoms with E-state index in [9.17, 15) is 4.79 Å². The van der Waals surface area contributed by atoms with E-state index in [1.54, 1.807) is 29.6 Å². The van der Waals surface area contributed by atoms with Crippen LogP contribution in [0.25, 0.3) is 26.9 Å². The summed E-state index contributed by atoms with van der Waals surface area (Å²) in [6.07, 6.45) is 3.82. The molecule has 4 aromatic rings. The maximum absolute atomic E-state index is 11.6. The molecule has 4 heterocycles. The number of carbonyl (C=O) groups excluding carboxylic acids is 1. The minimum absolute atomic E-state index is 0.0729. The topological polar surface area (TPSA) is 47.3 Å². The molecule has 6 heteroatoms. The van der Waals surface area contributed by atoms with Gasteiger partial charge < -0.3 is 0 Å². The van der Waals surface area contributed by atoms with Crippen molar-refractivity contribution in [2.24, 2.45) is 0 Å². The summed E-state index contributed by atoms with van der Waals surface area (Å²) in [6.45, 7) is 3.64. The Kier molecular flexibility index (Phi) is 3.36. The number of carbonyl (C=O) groups is 1. The van der Waals surface area contributed by atoms with E-state index in [1.807, 2.05) is 35.3 Å². The lowest BCUT2D eigenvalue weighted by molar-refractivity contribution is 0.101. The zero-order chi connectivity index (χ0) is 16.0. The maximum Gasteiger partial charge on any atom is 0.194 e. The number of hydrogen-bond donors (Lipinski definition) is 0. The highest BCUT2D eigenvalue weighted by Crippen LogP contribution is 2.36. The van der Waals surface area contributed by atoms with E-state index < -0.39 is 0 Å². The van der Waals surface area contributed by atoms with Gasteiger partial charge >= 0.3 is 0 Å². The predicted octanol–water partition coefficient (Wildman–Crippen LogP) is 4.70. The molecular formula is C17H13N3OS2. The normalized spacial score (nSPS) is 11.2. The number of thiazole rings is 1. The second kappa shape index (κ2) is 5.40. The number of thiophene rings is 1. The molecule has 0 fully saturated rings. The van der Waals surface area contributed by atoms with E-state index in [0.717, 1.165) is 38.0 Å². The van der Waals surface area contributed by atoms with Crippen LogP contribution in [0.3, 0.4) is 0 Å². The summed E-state index contributed by atoms with van der Waals surface area (Å²) in [7, 11) is 0. The van der Waals surface area contributed by atoms with Gasteiger partial charge in [0.1, 0.15) is 11.4 Å². The molecule has 0 atom stereocenters. The van der Waals surface area contributed by atoms with Crippen LogP contribution in [0.2, 0.25) is 0 Å². The molecule has 0 aliphatic rings.